The molecule has 3 unspecified atom stereocenters. The third kappa shape index (κ3) is 4.69. The van der Waals surface area contributed by atoms with Gasteiger partial charge < -0.3 is 14.8 Å². The van der Waals surface area contributed by atoms with Gasteiger partial charge >= 0.3 is 5.97 Å². The molecule has 0 bridgehead atoms. The van der Waals surface area contributed by atoms with Crippen LogP contribution in [0, 0.1) is 5.92 Å². The first-order valence-electron chi connectivity index (χ1n) is 11.7. The van der Waals surface area contributed by atoms with Crippen molar-refractivity contribution in [2.75, 3.05) is 11.9 Å². The van der Waals surface area contributed by atoms with Crippen LogP contribution >= 0.6 is 11.3 Å². The Kier molecular flexibility index (Phi) is 6.49. The Morgan fingerprint density at radius 1 is 1.12 bits per heavy atom. The molecule has 3 atom stereocenters. The molecule has 4 nitrogen and oxygen atoms in total. The van der Waals surface area contributed by atoms with E-state index in [1.54, 1.807) is 11.3 Å². The van der Waals surface area contributed by atoms with Crippen molar-refractivity contribution in [1.82, 2.24) is 0 Å². The van der Waals surface area contributed by atoms with E-state index in [4.69, 9.17) is 9.47 Å². The number of nitrogens with one attached hydrogen (secondary N) is 1. The van der Waals surface area contributed by atoms with Crippen LogP contribution in [0.2, 0.25) is 0 Å². The van der Waals surface area contributed by atoms with Crippen LogP contribution in [0.1, 0.15) is 63.8 Å². The largest absolute Gasteiger partial charge is 0.489 e. The van der Waals surface area contributed by atoms with E-state index in [0.29, 0.717) is 29.9 Å². The second kappa shape index (κ2) is 9.84. The van der Waals surface area contributed by atoms with Crippen LogP contribution in [0.5, 0.6) is 5.75 Å². The number of esters is 1. The number of rotatable bonds is 7. The lowest BCUT2D eigenvalue weighted by molar-refractivity contribution is 0.0532. The van der Waals surface area contributed by atoms with Crippen molar-refractivity contribution in [3.8, 4) is 5.75 Å². The number of ether oxygens (including phenoxy) is 2. The molecule has 2 aromatic carbocycles. The molecule has 1 aliphatic heterocycles. The highest BCUT2D eigenvalue weighted by Gasteiger charge is 2.40. The molecule has 0 saturated carbocycles. The number of anilines is 1. The first kappa shape index (κ1) is 21.8. The van der Waals surface area contributed by atoms with E-state index in [1.165, 1.54) is 23.3 Å². The number of carbonyl (C=O) groups excluding carboxylic acids is 1. The van der Waals surface area contributed by atoms with E-state index in [-0.39, 0.29) is 12.0 Å². The molecule has 0 fully saturated rings. The maximum atomic E-state index is 12.3. The highest BCUT2D eigenvalue weighted by Crippen LogP contribution is 2.53. The number of hydrogen-bond donors (Lipinski definition) is 1. The lowest BCUT2D eigenvalue weighted by atomic mass is 9.79. The van der Waals surface area contributed by atoms with E-state index < -0.39 is 0 Å². The van der Waals surface area contributed by atoms with Crippen LogP contribution in [0.3, 0.4) is 0 Å². The van der Waals surface area contributed by atoms with E-state index in [2.05, 4.69) is 53.9 Å². The van der Waals surface area contributed by atoms with E-state index in [0.717, 1.165) is 23.4 Å². The first-order chi connectivity index (χ1) is 16.2. The van der Waals surface area contributed by atoms with Gasteiger partial charge in [-0.2, -0.15) is 0 Å². The van der Waals surface area contributed by atoms with Crippen molar-refractivity contribution in [1.29, 1.82) is 0 Å². The van der Waals surface area contributed by atoms with Crippen LogP contribution in [0.4, 0.5) is 5.69 Å². The van der Waals surface area contributed by atoms with Crippen LogP contribution in [0.15, 0.2) is 72.8 Å². The Labute approximate surface area is 199 Å². The van der Waals surface area contributed by atoms with Gasteiger partial charge in [-0.1, -0.05) is 54.6 Å². The minimum Gasteiger partial charge on any atom is -0.489 e. The van der Waals surface area contributed by atoms with Crippen molar-refractivity contribution in [2.24, 2.45) is 5.92 Å². The van der Waals surface area contributed by atoms with Gasteiger partial charge in [-0.3, -0.25) is 0 Å². The summed E-state index contributed by atoms with van der Waals surface area (Å²) < 4.78 is 11.2. The van der Waals surface area contributed by atoms with Gasteiger partial charge in [0.1, 0.15) is 17.2 Å². The highest BCUT2D eigenvalue weighted by atomic mass is 32.1. The second-order valence-electron chi connectivity index (χ2n) is 8.62. The molecule has 1 aliphatic carbocycles. The molecule has 0 spiro atoms. The predicted octanol–water partition coefficient (Wildman–Crippen LogP) is 7.11. The number of thiophene rings is 1. The van der Waals surface area contributed by atoms with Crippen molar-refractivity contribution in [2.45, 2.75) is 44.8 Å². The Bertz CT molecular complexity index is 1120. The molecule has 0 saturated heterocycles. The monoisotopic (exact) mass is 459 g/mol. The Morgan fingerprint density at radius 2 is 1.94 bits per heavy atom. The van der Waals surface area contributed by atoms with Gasteiger partial charge in [-0.05, 0) is 61.4 Å². The summed E-state index contributed by atoms with van der Waals surface area (Å²) in [5, 5.41) is 3.72. The molecule has 1 N–H and O–H groups in total. The molecular weight excluding hydrogens is 430 g/mol. The summed E-state index contributed by atoms with van der Waals surface area (Å²) in [4.78, 5) is 14.3. The lowest BCUT2D eigenvalue weighted by Crippen LogP contribution is -2.20. The molecule has 5 heteroatoms. The number of fused-ring (bicyclic) bond motifs is 1. The molecule has 2 heterocycles. The average molecular weight is 460 g/mol. The van der Waals surface area contributed by atoms with Gasteiger partial charge in [0.05, 0.1) is 12.6 Å². The van der Waals surface area contributed by atoms with Crippen molar-refractivity contribution >= 4 is 23.0 Å². The molecule has 1 aromatic heterocycles. The van der Waals surface area contributed by atoms with Crippen LogP contribution in [-0.4, -0.2) is 12.6 Å². The smallest absolute Gasteiger partial charge is 0.348 e. The predicted molar refractivity (Wildman–Crippen MR) is 133 cm³/mol. The maximum absolute atomic E-state index is 12.3. The standard InChI is InChI=1S/C28H29NO3S/c1-2-31-28(30)24-17-23-27(33-24)25(20-11-7-4-8-12-20)26(29-23)21-13-15-22(16-14-21)32-18-19-9-5-3-6-10-19/h3,5-7,9-11,13-17,20,25-26,29H,2,4,8,12,18H2,1H3. The molecule has 33 heavy (non-hydrogen) atoms. The Balaban J connectivity index is 1.36. The van der Waals surface area contributed by atoms with Crippen LogP contribution < -0.4 is 10.1 Å². The number of carbonyl (C=O) groups is 1. The molecule has 3 aromatic rings. The third-order valence-corrected chi connectivity index (χ3v) is 7.67. The summed E-state index contributed by atoms with van der Waals surface area (Å²) in [5.41, 5.74) is 3.47. The molecular formula is C28H29NO3S. The second-order valence-corrected chi connectivity index (χ2v) is 9.71. The Morgan fingerprint density at radius 3 is 2.67 bits per heavy atom. The van der Waals surface area contributed by atoms with E-state index >= 15 is 0 Å². The summed E-state index contributed by atoms with van der Waals surface area (Å²) in [6, 6.07) is 20.8. The summed E-state index contributed by atoms with van der Waals surface area (Å²) in [6.45, 7) is 2.80. The molecule has 170 valence electrons. The van der Waals surface area contributed by atoms with Gasteiger partial charge in [0.25, 0.3) is 0 Å². The Hall–Kier alpha value is -3.05. The van der Waals surface area contributed by atoms with E-state index in [9.17, 15) is 4.79 Å². The summed E-state index contributed by atoms with van der Waals surface area (Å²) >= 11 is 1.58. The van der Waals surface area contributed by atoms with Crippen molar-refractivity contribution in [3.63, 3.8) is 0 Å². The average Bonchev–Trinajstić information content (AvgIpc) is 3.43. The molecule has 2 aliphatic rings. The maximum Gasteiger partial charge on any atom is 0.348 e. The molecule has 0 radical (unpaired) electrons. The summed E-state index contributed by atoms with van der Waals surface area (Å²) in [6.07, 6.45) is 8.22. The fraction of sp³-hybridized carbons (Fsp3) is 0.321. The molecule has 0 amide bonds. The van der Waals surface area contributed by atoms with Crippen LogP contribution in [-0.2, 0) is 11.3 Å². The summed E-state index contributed by atoms with van der Waals surface area (Å²) in [7, 11) is 0. The van der Waals surface area contributed by atoms with Gasteiger partial charge in [0, 0.05) is 16.5 Å². The quantitative estimate of drug-likeness (QED) is 0.302. The highest BCUT2D eigenvalue weighted by molar-refractivity contribution is 7.14. The zero-order valence-corrected chi connectivity index (χ0v) is 19.6. The number of allylic oxidation sites excluding steroid dienone is 2. The van der Waals surface area contributed by atoms with Crippen LogP contribution in [0.25, 0.3) is 0 Å². The van der Waals surface area contributed by atoms with Crippen molar-refractivity contribution in [3.05, 3.63) is 93.7 Å². The zero-order chi connectivity index (χ0) is 22.6. The number of hydrogen-bond acceptors (Lipinski definition) is 5. The topological polar surface area (TPSA) is 47.6 Å². The number of benzene rings is 2. The van der Waals surface area contributed by atoms with Gasteiger partial charge in [-0.15, -0.1) is 11.3 Å². The van der Waals surface area contributed by atoms with E-state index in [1.807, 2.05) is 31.2 Å². The SMILES string of the molecule is CCOC(=O)c1cc2c(s1)C(C1C=CCCC1)C(c1ccc(OCc3ccccc3)cc1)N2. The normalized spacial score (nSPS) is 21.3. The minimum absolute atomic E-state index is 0.179. The zero-order valence-electron chi connectivity index (χ0n) is 18.8. The minimum atomic E-state index is -0.229. The summed E-state index contributed by atoms with van der Waals surface area (Å²) in [5.74, 6) is 1.41. The van der Waals surface area contributed by atoms with Crippen molar-refractivity contribution < 1.29 is 14.3 Å². The first-order valence-corrected chi connectivity index (χ1v) is 12.6. The van der Waals surface area contributed by atoms with Gasteiger partial charge in [-0.25, -0.2) is 4.79 Å². The van der Waals surface area contributed by atoms with Gasteiger partial charge in [0.2, 0.25) is 0 Å². The fourth-order valence-corrected chi connectivity index (χ4v) is 6.09. The lowest BCUT2D eigenvalue weighted by Gasteiger charge is -2.29. The van der Waals surface area contributed by atoms with Gasteiger partial charge in [0.15, 0.2) is 0 Å². The molecule has 5 rings (SSSR count). The third-order valence-electron chi connectivity index (χ3n) is 6.45. The fourth-order valence-electron chi connectivity index (χ4n) is 4.86.